The van der Waals surface area contributed by atoms with E-state index in [4.69, 9.17) is 21.1 Å². The van der Waals surface area contributed by atoms with Gasteiger partial charge in [0.15, 0.2) is 5.72 Å². The molecule has 2 heterocycles. The van der Waals surface area contributed by atoms with Crippen molar-refractivity contribution in [2.75, 3.05) is 31.6 Å². The van der Waals surface area contributed by atoms with Crippen molar-refractivity contribution in [3.63, 3.8) is 0 Å². The van der Waals surface area contributed by atoms with Gasteiger partial charge in [0, 0.05) is 41.7 Å². The molecule has 29 heavy (non-hydrogen) atoms. The lowest BCUT2D eigenvalue weighted by atomic mass is 9.71. The molecule has 3 atom stereocenters. The second-order valence-electron chi connectivity index (χ2n) is 8.57. The molecule has 5 rings (SSSR count). The average molecular weight is 413 g/mol. The number of halogens is 1. The van der Waals surface area contributed by atoms with Crippen LogP contribution in [0.2, 0.25) is 5.02 Å². The minimum absolute atomic E-state index is 0.170. The van der Waals surface area contributed by atoms with E-state index in [0.717, 1.165) is 55.6 Å². The van der Waals surface area contributed by atoms with E-state index >= 15 is 0 Å². The molecule has 0 bridgehead atoms. The number of ether oxygens (including phenoxy) is 2. The van der Waals surface area contributed by atoms with Crippen LogP contribution in [0.3, 0.4) is 0 Å². The molecule has 2 fully saturated rings. The minimum atomic E-state index is -0.273. The molecule has 0 aromatic heterocycles. The third-order valence-corrected chi connectivity index (χ3v) is 7.03. The van der Waals surface area contributed by atoms with Gasteiger partial charge in [-0.05, 0) is 50.1 Å². The Morgan fingerprint density at radius 3 is 2.66 bits per heavy atom. The molecule has 0 radical (unpaired) electrons. The first-order chi connectivity index (χ1) is 14.2. The largest absolute Gasteiger partial charge is 0.472 e. The number of fused-ring (bicyclic) bond motifs is 2. The standard InChI is InChI=1S/C24H29ClN2O2/c1-17-5-8-19(9-6-17)26-23-20-16-18(25)7-10-22(20)29-24(11-3-2-4-21(23)24)27-12-14-28-15-13-27/h5-10,16,21,23,26H,2-4,11-15H2,1H3. The summed E-state index contributed by atoms with van der Waals surface area (Å²) in [5.74, 6) is 1.32. The highest BCUT2D eigenvalue weighted by Crippen LogP contribution is 2.53. The van der Waals surface area contributed by atoms with Crippen molar-refractivity contribution in [2.45, 2.75) is 44.4 Å². The summed E-state index contributed by atoms with van der Waals surface area (Å²) in [6, 6.07) is 14.9. The Kier molecular flexibility index (Phi) is 5.19. The Hall–Kier alpha value is -1.75. The fourth-order valence-corrected chi connectivity index (χ4v) is 5.56. The van der Waals surface area contributed by atoms with Crippen molar-refractivity contribution in [1.29, 1.82) is 0 Å². The summed E-state index contributed by atoms with van der Waals surface area (Å²) in [5, 5.41) is 4.62. The number of morpholine rings is 1. The lowest BCUT2D eigenvalue weighted by Gasteiger charge is -2.56. The van der Waals surface area contributed by atoms with Crippen LogP contribution < -0.4 is 10.1 Å². The van der Waals surface area contributed by atoms with Crippen molar-refractivity contribution in [3.8, 4) is 5.75 Å². The Morgan fingerprint density at radius 2 is 1.86 bits per heavy atom. The van der Waals surface area contributed by atoms with Crippen LogP contribution in [0.15, 0.2) is 42.5 Å². The number of anilines is 1. The van der Waals surface area contributed by atoms with Crippen LogP contribution in [0.1, 0.15) is 42.9 Å². The molecule has 0 amide bonds. The summed E-state index contributed by atoms with van der Waals surface area (Å²) >= 11 is 6.41. The first-order valence-electron chi connectivity index (χ1n) is 10.8. The van der Waals surface area contributed by atoms with E-state index in [1.54, 1.807) is 0 Å². The molecule has 154 valence electrons. The SMILES string of the molecule is Cc1ccc(NC2c3cc(Cl)ccc3OC3(N4CCOCC4)CCCCC23)cc1. The smallest absolute Gasteiger partial charge is 0.168 e. The van der Waals surface area contributed by atoms with Crippen molar-refractivity contribution in [3.05, 3.63) is 58.6 Å². The van der Waals surface area contributed by atoms with Gasteiger partial charge in [-0.3, -0.25) is 4.90 Å². The van der Waals surface area contributed by atoms with Crippen LogP contribution in [0.5, 0.6) is 5.75 Å². The third-order valence-electron chi connectivity index (χ3n) is 6.80. The Morgan fingerprint density at radius 1 is 1.07 bits per heavy atom. The van der Waals surface area contributed by atoms with Gasteiger partial charge in [-0.25, -0.2) is 0 Å². The topological polar surface area (TPSA) is 33.7 Å². The zero-order chi connectivity index (χ0) is 19.8. The maximum atomic E-state index is 6.88. The normalized spacial score (nSPS) is 29.4. The Labute approximate surface area is 178 Å². The van der Waals surface area contributed by atoms with Gasteiger partial charge in [0.25, 0.3) is 0 Å². The minimum Gasteiger partial charge on any atom is -0.472 e. The lowest BCUT2D eigenvalue weighted by molar-refractivity contribution is -0.184. The molecule has 0 spiro atoms. The molecule has 1 saturated heterocycles. The van der Waals surface area contributed by atoms with Gasteiger partial charge in [0.2, 0.25) is 0 Å². The number of rotatable bonds is 3. The molecule has 4 nitrogen and oxygen atoms in total. The quantitative estimate of drug-likeness (QED) is 0.730. The van der Waals surface area contributed by atoms with E-state index in [0.29, 0.717) is 5.92 Å². The zero-order valence-electron chi connectivity index (χ0n) is 17.0. The highest BCUT2D eigenvalue weighted by molar-refractivity contribution is 6.30. The number of aryl methyl sites for hydroxylation is 1. The summed E-state index contributed by atoms with van der Waals surface area (Å²) in [6.45, 7) is 5.54. The number of hydrogen-bond donors (Lipinski definition) is 1. The van der Waals surface area contributed by atoms with Crippen molar-refractivity contribution >= 4 is 17.3 Å². The molecule has 2 aliphatic heterocycles. The second-order valence-corrected chi connectivity index (χ2v) is 9.01. The molecular weight excluding hydrogens is 384 g/mol. The van der Waals surface area contributed by atoms with Crippen molar-refractivity contribution in [2.24, 2.45) is 5.92 Å². The zero-order valence-corrected chi connectivity index (χ0v) is 17.8. The highest BCUT2D eigenvalue weighted by atomic mass is 35.5. The van der Waals surface area contributed by atoms with Gasteiger partial charge in [-0.2, -0.15) is 0 Å². The molecule has 2 aromatic carbocycles. The number of hydrogen-bond acceptors (Lipinski definition) is 4. The van der Waals surface area contributed by atoms with E-state index in [9.17, 15) is 0 Å². The molecule has 1 saturated carbocycles. The lowest BCUT2D eigenvalue weighted by Crippen LogP contribution is -2.65. The maximum absolute atomic E-state index is 6.88. The molecular formula is C24H29ClN2O2. The molecule has 2 aromatic rings. The van der Waals surface area contributed by atoms with E-state index < -0.39 is 0 Å². The van der Waals surface area contributed by atoms with Crippen molar-refractivity contribution in [1.82, 2.24) is 4.90 Å². The summed E-state index contributed by atoms with van der Waals surface area (Å²) in [4.78, 5) is 2.54. The van der Waals surface area contributed by atoms with Gasteiger partial charge < -0.3 is 14.8 Å². The van der Waals surface area contributed by atoms with Crippen LogP contribution >= 0.6 is 11.6 Å². The fraction of sp³-hybridized carbons (Fsp3) is 0.500. The monoisotopic (exact) mass is 412 g/mol. The second kappa shape index (κ2) is 7.82. The molecule has 1 N–H and O–H groups in total. The maximum Gasteiger partial charge on any atom is 0.168 e. The molecule has 3 unspecified atom stereocenters. The van der Waals surface area contributed by atoms with Crippen LogP contribution in [-0.4, -0.2) is 36.9 Å². The van der Waals surface area contributed by atoms with Crippen LogP contribution in [0.25, 0.3) is 0 Å². The number of nitrogens with one attached hydrogen (secondary N) is 1. The molecule has 1 aliphatic carbocycles. The van der Waals surface area contributed by atoms with Gasteiger partial charge in [-0.1, -0.05) is 35.7 Å². The number of nitrogens with zero attached hydrogens (tertiary/aromatic N) is 1. The number of benzene rings is 2. The summed E-state index contributed by atoms with van der Waals surface area (Å²) in [6.07, 6.45) is 4.65. The van der Waals surface area contributed by atoms with Gasteiger partial charge in [0.05, 0.1) is 19.3 Å². The van der Waals surface area contributed by atoms with Crippen LogP contribution in [0, 0.1) is 12.8 Å². The first kappa shape index (κ1) is 19.2. The summed E-state index contributed by atoms with van der Waals surface area (Å²) in [7, 11) is 0. The van der Waals surface area contributed by atoms with Gasteiger partial charge in [0.1, 0.15) is 5.75 Å². The first-order valence-corrected chi connectivity index (χ1v) is 11.2. The van der Waals surface area contributed by atoms with E-state index in [2.05, 4.69) is 53.5 Å². The molecule has 5 heteroatoms. The van der Waals surface area contributed by atoms with E-state index in [1.165, 1.54) is 24.0 Å². The summed E-state index contributed by atoms with van der Waals surface area (Å²) in [5.41, 5.74) is 3.32. The van der Waals surface area contributed by atoms with E-state index in [-0.39, 0.29) is 11.8 Å². The van der Waals surface area contributed by atoms with Crippen molar-refractivity contribution < 1.29 is 9.47 Å². The molecule has 3 aliphatic rings. The van der Waals surface area contributed by atoms with E-state index in [1.807, 2.05) is 6.07 Å². The highest BCUT2D eigenvalue weighted by Gasteiger charge is 2.54. The summed E-state index contributed by atoms with van der Waals surface area (Å²) < 4.78 is 12.5. The fourth-order valence-electron chi connectivity index (χ4n) is 5.38. The average Bonchev–Trinajstić information content (AvgIpc) is 2.76. The predicted molar refractivity (Wildman–Crippen MR) is 117 cm³/mol. The Bertz CT molecular complexity index is 866. The van der Waals surface area contributed by atoms with Crippen LogP contribution in [0.4, 0.5) is 5.69 Å². The van der Waals surface area contributed by atoms with Crippen LogP contribution in [-0.2, 0) is 4.74 Å². The Balaban J connectivity index is 1.58. The van der Waals surface area contributed by atoms with Gasteiger partial charge in [-0.15, -0.1) is 0 Å². The predicted octanol–water partition coefficient (Wildman–Crippen LogP) is 5.41. The van der Waals surface area contributed by atoms with Gasteiger partial charge >= 0.3 is 0 Å². The third kappa shape index (κ3) is 3.52.